The second kappa shape index (κ2) is 14.1. The number of hydrogen-bond acceptors (Lipinski definition) is 6. The summed E-state index contributed by atoms with van der Waals surface area (Å²) < 4.78 is 0. The fourth-order valence-corrected chi connectivity index (χ4v) is 4.63. The summed E-state index contributed by atoms with van der Waals surface area (Å²) in [6.07, 6.45) is 4.23. The highest BCUT2D eigenvalue weighted by Crippen LogP contribution is 2.20. The first kappa shape index (κ1) is 28.6. The van der Waals surface area contributed by atoms with Crippen LogP contribution < -0.4 is 16.4 Å². The van der Waals surface area contributed by atoms with Gasteiger partial charge in [0.05, 0.1) is 6.04 Å². The fraction of sp³-hybridized carbons (Fsp3) is 0.600. The van der Waals surface area contributed by atoms with Gasteiger partial charge in [0.1, 0.15) is 18.1 Å². The van der Waals surface area contributed by atoms with E-state index in [2.05, 4.69) is 10.6 Å². The van der Waals surface area contributed by atoms with Crippen molar-refractivity contribution in [2.75, 3.05) is 18.6 Å². The average molecular weight is 507 g/mol. The molecule has 35 heavy (non-hydrogen) atoms. The highest BCUT2D eigenvalue weighted by atomic mass is 32.2. The summed E-state index contributed by atoms with van der Waals surface area (Å²) in [6.45, 7) is 4.10. The van der Waals surface area contributed by atoms with Gasteiger partial charge in [-0.25, -0.2) is 4.79 Å². The van der Waals surface area contributed by atoms with Gasteiger partial charge in [-0.15, -0.1) is 0 Å². The maximum atomic E-state index is 13.4. The molecule has 1 saturated heterocycles. The average Bonchev–Trinajstić information content (AvgIpc) is 3.35. The molecule has 0 spiro atoms. The number of carboxylic acid groups (broad SMARTS) is 1. The Morgan fingerprint density at radius 1 is 1.17 bits per heavy atom. The van der Waals surface area contributed by atoms with Crippen LogP contribution in [0, 0.1) is 5.92 Å². The summed E-state index contributed by atoms with van der Waals surface area (Å²) in [5.74, 6) is -1.84. The van der Waals surface area contributed by atoms with Crippen molar-refractivity contribution in [3.8, 4) is 0 Å². The molecule has 1 aromatic rings. The molecule has 1 aliphatic rings. The summed E-state index contributed by atoms with van der Waals surface area (Å²) in [4.78, 5) is 52.5. The van der Waals surface area contributed by atoms with E-state index in [9.17, 15) is 24.3 Å². The normalized spacial score (nSPS) is 18.9. The molecule has 1 aromatic carbocycles. The quantitative estimate of drug-likeness (QED) is 0.317. The summed E-state index contributed by atoms with van der Waals surface area (Å²) in [7, 11) is 0. The van der Waals surface area contributed by atoms with Crippen LogP contribution in [0.3, 0.4) is 0 Å². The van der Waals surface area contributed by atoms with E-state index >= 15 is 0 Å². The number of carbonyl (C=O) groups excluding carboxylic acids is 3. The number of aliphatic carboxylic acids is 1. The molecule has 3 amide bonds. The molecule has 0 radical (unpaired) electrons. The lowest BCUT2D eigenvalue weighted by atomic mass is 9.96. The summed E-state index contributed by atoms with van der Waals surface area (Å²) in [5, 5.41) is 15.1. The van der Waals surface area contributed by atoms with Crippen LogP contribution in [0.4, 0.5) is 0 Å². The molecule has 0 aromatic heterocycles. The first-order valence-corrected chi connectivity index (χ1v) is 13.5. The van der Waals surface area contributed by atoms with Crippen molar-refractivity contribution in [3.05, 3.63) is 35.9 Å². The number of nitrogens with one attached hydrogen (secondary N) is 2. The van der Waals surface area contributed by atoms with E-state index in [1.54, 1.807) is 11.8 Å². The monoisotopic (exact) mass is 506 g/mol. The van der Waals surface area contributed by atoms with E-state index in [1.165, 1.54) is 4.90 Å². The smallest absolute Gasteiger partial charge is 0.326 e. The molecule has 194 valence electrons. The lowest BCUT2D eigenvalue weighted by Crippen LogP contribution is -2.59. The van der Waals surface area contributed by atoms with Gasteiger partial charge in [0.25, 0.3) is 0 Å². The van der Waals surface area contributed by atoms with Gasteiger partial charge in [-0.05, 0) is 42.8 Å². The SMILES string of the molecule is CCC(C)C(NC(=O)C(N)CCSC)C(=O)NC(Cc1ccccc1)C(=O)N1CCCC1C(=O)O. The largest absolute Gasteiger partial charge is 0.480 e. The lowest BCUT2D eigenvalue weighted by Gasteiger charge is -2.30. The predicted molar refractivity (Wildman–Crippen MR) is 137 cm³/mol. The summed E-state index contributed by atoms with van der Waals surface area (Å²) in [5.41, 5.74) is 6.83. The molecule has 1 heterocycles. The number of thioether (sulfide) groups is 1. The van der Waals surface area contributed by atoms with Crippen LogP contribution in [-0.4, -0.2) is 76.4 Å². The topological polar surface area (TPSA) is 142 Å². The number of hydrogen-bond donors (Lipinski definition) is 4. The first-order valence-electron chi connectivity index (χ1n) is 12.1. The van der Waals surface area contributed by atoms with E-state index < -0.39 is 47.9 Å². The van der Waals surface area contributed by atoms with Gasteiger partial charge < -0.3 is 26.4 Å². The minimum absolute atomic E-state index is 0.197. The lowest BCUT2D eigenvalue weighted by molar-refractivity contribution is -0.149. The van der Waals surface area contributed by atoms with Crippen LogP contribution in [0.5, 0.6) is 0 Å². The number of nitrogens with two attached hydrogens (primary N) is 1. The number of carboxylic acids is 1. The third-order valence-corrected chi connectivity index (χ3v) is 7.13. The van der Waals surface area contributed by atoms with E-state index in [-0.39, 0.29) is 12.3 Å². The third kappa shape index (κ3) is 8.24. The minimum Gasteiger partial charge on any atom is -0.480 e. The zero-order valence-electron chi connectivity index (χ0n) is 20.7. The number of carbonyl (C=O) groups is 4. The Morgan fingerprint density at radius 2 is 1.86 bits per heavy atom. The standard InChI is InChI=1S/C25H38N4O5S/c1-4-16(2)21(28-22(30)18(26)12-14-35-3)23(31)27-19(15-17-9-6-5-7-10-17)24(32)29-13-8-11-20(29)25(33)34/h5-7,9-10,16,18-21H,4,8,11-15,26H2,1-3H3,(H,27,31)(H,28,30)(H,33,34). The molecule has 0 saturated carbocycles. The molecular weight excluding hydrogens is 468 g/mol. The van der Waals surface area contributed by atoms with Crippen molar-refractivity contribution >= 4 is 35.5 Å². The molecule has 5 N–H and O–H groups in total. The van der Waals surface area contributed by atoms with Crippen molar-refractivity contribution in [1.29, 1.82) is 0 Å². The molecule has 2 rings (SSSR count). The van der Waals surface area contributed by atoms with E-state index in [0.717, 1.165) is 11.3 Å². The maximum absolute atomic E-state index is 13.4. The molecule has 9 nitrogen and oxygen atoms in total. The number of rotatable bonds is 13. The maximum Gasteiger partial charge on any atom is 0.326 e. The zero-order valence-corrected chi connectivity index (χ0v) is 21.6. The Labute approximate surface area is 211 Å². The van der Waals surface area contributed by atoms with Crippen LogP contribution in [0.2, 0.25) is 0 Å². The zero-order chi connectivity index (χ0) is 26.0. The van der Waals surface area contributed by atoms with Gasteiger partial charge in [0, 0.05) is 13.0 Å². The van der Waals surface area contributed by atoms with Crippen molar-refractivity contribution < 1.29 is 24.3 Å². The summed E-state index contributed by atoms with van der Waals surface area (Å²) >= 11 is 1.59. The number of benzene rings is 1. The van der Waals surface area contributed by atoms with E-state index in [4.69, 9.17) is 5.73 Å². The van der Waals surface area contributed by atoms with Crippen molar-refractivity contribution in [2.24, 2.45) is 11.7 Å². The Balaban J connectivity index is 2.24. The van der Waals surface area contributed by atoms with E-state index in [1.807, 2.05) is 50.4 Å². The van der Waals surface area contributed by atoms with Crippen LogP contribution in [0.1, 0.15) is 45.1 Å². The van der Waals surface area contributed by atoms with Crippen LogP contribution in [-0.2, 0) is 25.6 Å². The summed E-state index contributed by atoms with van der Waals surface area (Å²) in [6, 6.07) is 5.77. The highest BCUT2D eigenvalue weighted by molar-refractivity contribution is 7.98. The molecule has 10 heteroatoms. The molecule has 0 aliphatic carbocycles. The number of nitrogens with zero attached hydrogens (tertiary/aromatic N) is 1. The molecule has 5 atom stereocenters. The minimum atomic E-state index is -1.05. The first-order chi connectivity index (χ1) is 16.7. The Morgan fingerprint density at radius 3 is 2.46 bits per heavy atom. The molecule has 1 fully saturated rings. The van der Waals surface area contributed by atoms with Gasteiger partial charge in [-0.2, -0.15) is 11.8 Å². The van der Waals surface area contributed by atoms with Gasteiger partial charge in [-0.1, -0.05) is 50.6 Å². The van der Waals surface area contributed by atoms with Crippen molar-refractivity contribution in [2.45, 2.75) is 70.1 Å². The molecule has 0 bridgehead atoms. The highest BCUT2D eigenvalue weighted by Gasteiger charge is 2.39. The van der Waals surface area contributed by atoms with Crippen LogP contribution in [0.25, 0.3) is 0 Å². The molecular formula is C25H38N4O5S. The van der Waals surface area contributed by atoms with Crippen molar-refractivity contribution in [1.82, 2.24) is 15.5 Å². The second-order valence-electron chi connectivity index (χ2n) is 9.04. The number of likely N-dealkylation sites (tertiary alicyclic amines) is 1. The Hall–Kier alpha value is -2.59. The third-order valence-electron chi connectivity index (χ3n) is 6.48. The Bertz CT molecular complexity index is 869. The Kier molecular flexibility index (Phi) is 11.5. The predicted octanol–water partition coefficient (Wildman–Crippen LogP) is 1.40. The van der Waals surface area contributed by atoms with Gasteiger partial charge in [0.2, 0.25) is 17.7 Å². The van der Waals surface area contributed by atoms with Crippen LogP contribution in [0.15, 0.2) is 30.3 Å². The molecule has 5 unspecified atom stereocenters. The van der Waals surface area contributed by atoms with Gasteiger partial charge in [-0.3, -0.25) is 14.4 Å². The van der Waals surface area contributed by atoms with Crippen molar-refractivity contribution in [3.63, 3.8) is 0 Å². The second-order valence-corrected chi connectivity index (χ2v) is 10.0. The fourth-order valence-electron chi connectivity index (χ4n) is 4.14. The number of amides is 3. The van der Waals surface area contributed by atoms with Gasteiger partial charge >= 0.3 is 5.97 Å². The molecule has 1 aliphatic heterocycles. The van der Waals surface area contributed by atoms with Crippen LogP contribution >= 0.6 is 11.8 Å². The van der Waals surface area contributed by atoms with Gasteiger partial charge in [0.15, 0.2) is 0 Å². The van der Waals surface area contributed by atoms with E-state index in [0.29, 0.717) is 32.2 Å².